The van der Waals surface area contributed by atoms with Crippen LogP contribution in [0.4, 0.5) is 13.2 Å². The maximum absolute atomic E-state index is 12.9. The Morgan fingerprint density at radius 2 is 1.67 bits per heavy atom. The van der Waals surface area contributed by atoms with Crippen molar-refractivity contribution in [1.29, 1.82) is 0 Å². The predicted molar refractivity (Wildman–Crippen MR) is 110 cm³/mol. The van der Waals surface area contributed by atoms with Crippen molar-refractivity contribution in [3.63, 3.8) is 0 Å². The molecule has 0 fully saturated rings. The molecule has 0 amide bonds. The Morgan fingerprint density at radius 3 is 2.36 bits per heavy atom. The van der Waals surface area contributed by atoms with Gasteiger partial charge in [-0.15, -0.1) is 18.3 Å². The van der Waals surface area contributed by atoms with Crippen LogP contribution in [0.2, 0.25) is 0 Å². The smallest absolute Gasteiger partial charge is 0.438 e. The van der Waals surface area contributed by atoms with Crippen molar-refractivity contribution in [1.82, 2.24) is 25.0 Å². The highest BCUT2D eigenvalue weighted by Gasteiger charge is 2.30. The van der Waals surface area contributed by atoms with Crippen LogP contribution in [0.3, 0.4) is 0 Å². The van der Waals surface area contributed by atoms with E-state index in [9.17, 15) is 18.0 Å². The van der Waals surface area contributed by atoms with Crippen LogP contribution >= 0.6 is 0 Å². The van der Waals surface area contributed by atoms with Crippen molar-refractivity contribution in [3.8, 4) is 23.6 Å². The van der Waals surface area contributed by atoms with Crippen molar-refractivity contribution in [2.24, 2.45) is 0 Å². The van der Waals surface area contributed by atoms with E-state index in [1.807, 2.05) is 0 Å². The van der Waals surface area contributed by atoms with E-state index < -0.39 is 18.1 Å². The molecular weight excluding hydrogens is 439 g/mol. The standard InChI is InChI=1S/C22H14F3N5O3/c1-14(32-21-26-11-2-12-27-21)30-20(31)18-13-16(7-10-19(18)28-29-30)4-3-15-5-8-17(9-6-15)33-22(23,24)25/h2,5-14H,1H3. The van der Waals surface area contributed by atoms with Crippen LogP contribution in [0.5, 0.6) is 11.8 Å². The van der Waals surface area contributed by atoms with Gasteiger partial charge in [0.15, 0.2) is 6.23 Å². The number of benzene rings is 2. The van der Waals surface area contributed by atoms with Crippen LogP contribution in [0.15, 0.2) is 65.7 Å². The van der Waals surface area contributed by atoms with E-state index in [0.717, 1.165) is 4.68 Å². The lowest BCUT2D eigenvalue weighted by atomic mass is 10.1. The van der Waals surface area contributed by atoms with E-state index >= 15 is 0 Å². The molecule has 0 aliphatic carbocycles. The molecule has 1 atom stereocenters. The van der Waals surface area contributed by atoms with Crippen LogP contribution in [0.1, 0.15) is 24.3 Å². The third kappa shape index (κ3) is 5.43. The van der Waals surface area contributed by atoms with Gasteiger partial charge in [-0.1, -0.05) is 17.1 Å². The van der Waals surface area contributed by atoms with Crippen molar-refractivity contribution in [2.75, 3.05) is 0 Å². The summed E-state index contributed by atoms with van der Waals surface area (Å²) in [5.74, 6) is 5.37. The molecule has 0 N–H and O–H groups in total. The maximum atomic E-state index is 12.9. The number of aromatic nitrogens is 5. The molecule has 4 aromatic rings. The first kappa shape index (κ1) is 21.8. The molecule has 8 nitrogen and oxygen atoms in total. The minimum Gasteiger partial charge on any atom is -0.438 e. The largest absolute Gasteiger partial charge is 0.573 e. The fourth-order valence-corrected chi connectivity index (χ4v) is 2.80. The molecule has 0 aliphatic heterocycles. The Morgan fingerprint density at radius 1 is 1.00 bits per heavy atom. The van der Waals surface area contributed by atoms with Gasteiger partial charge in [0, 0.05) is 23.5 Å². The van der Waals surface area contributed by atoms with Crippen LogP contribution in [-0.4, -0.2) is 31.3 Å². The topological polar surface area (TPSA) is 92.0 Å². The van der Waals surface area contributed by atoms with Gasteiger partial charge in [0.25, 0.3) is 5.56 Å². The fraction of sp³-hybridized carbons (Fsp3) is 0.136. The third-order valence-electron chi connectivity index (χ3n) is 4.29. The zero-order valence-electron chi connectivity index (χ0n) is 16.9. The zero-order valence-corrected chi connectivity index (χ0v) is 16.9. The number of halogens is 3. The molecule has 33 heavy (non-hydrogen) atoms. The number of nitrogens with zero attached hydrogens (tertiary/aromatic N) is 5. The quantitative estimate of drug-likeness (QED) is 0.437. The van der Waals surface area contributed by atoms with Gasteiger partial charge in [0.2, 0.25) is 0 Å². The Kier molecular flexibility index (Phi) is 5.91. The number of hydrogen-bond donors (Lipinski definition) is 0. The molecule has 11 heteroatoms. The van der Waals surface area contributed by atoms with E-state index in [4.69, 9.17) is 4.74 Å². The normalized spacial score (nSPS) is 12.0. The van der Waals surface area contributed by atoms with E-state index in [-0.39, 0.29) is 17.1 Å². The van der Waals surface area contributed by atoms with Gasteiger partial charge in [0.1, 0.15) is 11.3 Å². The average molecular weight is 453 g/mol. The summed E-state index contributed by atoms with van der Waals surface area (Å²) in [7, 11) is 0. The van der Waals surface area contributed by atoms with Crippen LogP contribution < -0.4 is 15.0 Å². The summed E-state index contributed by atoms with van der Waals surface area (Å²) in [6, 6.07) is 11.7. The second kappa shape index (κ2) is 8.96. The molecule has 0 aliphatic rings. The van der Waals surface area contributed by atoms with Gasteiger partial charge in [-0.2, -0.15) is 4.68 Å². The molecule has 0 saturated heterocycles. The summed E-state index contributed by atoms with van der Waals surface area (Å²) in [5.41, 5.74) is 0.911. The Bertz CT molecular complexity index is 1390. The highest BCUT2D eigenvalue weighted by molar-refractivity contribution is 5.78. The van der Waals surface area contributed by atoms with Gasteiger partial charge < -0.3 is 9.47 Å². The van der Waals surface area contributed by atoms with Crippen LogP contribution in [0.25, 0.3) is 10.9 Å². The van der Waals surface area contributed by atoms with E-state index in [0.29, 0.717) is 16.6 Å². The second-order valence-electron chi connectivity index (χ2n) is 6.64. The summed E-state index contributed by atoms with van der Waals surface area (Å²) in [6.45, 7) is 1.61. The van der Waals surface area contributed by atoms with E-state index in [1.165, 1.54) is 36.7 Å². The number of hydrogen-bond acceptors (Lipinski definition) is 7. The molecule has 0 bridgehead atoms. The van der Waals surface area contributed by atoms with Gasteiger partial charge >= 0.3 is 12.4 Å². The molecule has 0 saturated carbocycles. The molecule has 0 radical (unpaired) electrons. The molecule has 2 aromatic heterocycles. The number of fused-ring (bicyclic) bond motifs is 1. The molecule has 2 heterocycles. The van der Waals surface area contributed by atoms with E-state index in [1.54, 1.807) is 31.2 Å². The maximum Gasteiger partial charge on any atom is 0.573 e. The second-order valence-corrected chi connectivity index (χ2v) is 6.64. The van der Waals surface area contributed by atoms with Gasteiger partial charge in [-0.3, -0.25) is 4.79 Å². The van der Waals surface area contributed by atoms with Gasteiger partial charge in [-0.25, -0.2) is 9.97 Å². The SMILES string of the molecule is CC(Oc1ncccn1)n1nnc2ccc(C#Cc3ccc(OC(F)(F)F)cc3)cc2c1=O. The highest BCUT2D eigenvalue weighted by Crippen LogP contribution is 2.22. The minimum atomic E-state index is -4.76. The summed E-state index contributed by atoms with van der Waals surface area (Å²) < 4.78 is 47.2. The Hall–Kier alpha value is -4.46. The lowest BCUT2D eigenvalue weighted by Crippen LogP contribution is -2.30. The van der Waals surface area contributed by atoms with Gasteiger partial charge in [0.05, 0.1) is 5.39 Å². The first-order chi connectivity index (χ1) is 15.8. The fourth-order valence-electron chi connectivity index (χ4n) is 2.80. The van der Waals surface area contributed by atoms with Crippen molar-refractivity contribution >= 4 is 10.9 Å². The molecule has 4 rings (SSSR count). The first-order valence-electron chi connectivity index (χ1n) is 9.49. The Balaban J connectivity index is 1.58. The van der Waals surface area contributed by atoms with Crippen LogP contribution in [0, 0.1) is 11.8 Å². The highest BCUT2D eigenvalue weighted by atomic mass is 19.4. The third-order valence-corrected chi connectivity index (χ3v) is 4.29. The molecule has 1 unspecified atom stereocenters. The number of alkyl halides is 3. The van der Waals surface area contributed by atoms with Crippen LogP contribution in [-0.2, 0) is 0 Å². The van der Waals surface area contributed by atoms with Gasteiger partial charge in [-0.05, 0) is 55.5 Å². The number of ether oxygens (including phenoxy) is 2. The molecular formula is C22H14F3N5O3. The monoisotopic (exact) mass is 453 g/mol. The summed E-state index contributed by atoms with van der Waals surface area (Å²) in [6.07, 6.45) is -2.56. The number of rotatable bonds is 4. The van der Waals surface area contributed by atoms with Crippen molar-refractivity contribution in [3.05, 3.63) is 82.4 Å². The summed E-state index contributed by atoms with van der Waals surface area (Å²) in [4.78, 5) is 20.8. The lowest BCUT2D eigenvalue weighted by molar-refractivity contribution is -0.274. The first-order valence-corrected chi connectivity index (χ1v) is 9.49. The summed E-state index contributed by atoms with van der Waals surface area (Å²) in [5, 5.41) is 8.22. The minimum absolute atomic E-state index is 0.0880. The van der Waals surface area contributed by atoms with E-state index in [2.05, 4.69) is 36.9 Å². The predicted octanol–water partition coefficient (Wildman–Crippen LogP) is 3.48. The zero-order chi connectivity index (χ0) is 23.4. The summed E-state index contributed by atoms with van der Waals surface area (Å²) >= 11 is 0. The van der Waals surface area contributed by atoms with Crippen molar-refractivity contribution < 1.29 is 22.6 Å². The molecule has 166 valence electrons. The molecule has 2 aromatic carbocycles. The average Bonchev–Trinajstić information content (AvgIpc) is 2.78. The Labute approximate surface area is 184 Å². The lowest BCUT2D eigenvalue weighted by Gasteiger charge is -2.14. The van der Waals surface area contributed by atoms with Crippen molar-refractivity contribution in [2.45, 2.75) is 19.5 Å². The molecule has 0 spiro atoms.